The Morgan fingerprint density at radius 3 is 2.05 bits per heavy atom. The maximum absolute atomic E-state index is 2.68. The van der Waals surface area contributed by atoms with E-state index >= 15 is 0 Å². The van der Waals surface area contributed by atoms with E-state index in [0.29, 0.717) is 0 Å². The van der Waals surface area contributed by atoms with Gasteiger partial charge < -0.3 is 0 Å². The van der Waals surface area contributed by atoms with Crippen LogP contribution in [0, 0.1) is 0 Å². The summed E-state index contributed by atoms with van der Waals surface area (Å²) in [6, 6.07) is 3.05. The molecule has 1 heteroatoms. The van der Waals surface area contributed by atoms with Gasteiger partial charge in [-0.3, -0.25) is 0 Å². The average Bonchev–Trinajstić information content (AvgIpc) is 2.90. The molecular formula is C20H38Si. The average molecular weight is 307 g/mol. The van der Waals surface area contributed by atoms with Crippen LogP contribution >= 0.6 is 0 Å². The van der Waals surface area contributed by atoms with Gasteiger partial charge in [0.2, 0.25) is 0 Å². The minimum Gasteiger partial charge on any atom is -0.0901 e. The van der Waals surface area contributed by atoms with Crippen LogP contribution in [0.15, 0.2) is 23.0 Å². The molecule has 1 aliphatic rings. The molecule has 122 valence electrons. The molecule has 0 bridgehead atoms. The Kier molecular flexibility index (Phi) is 10.1. The molecule has 0 N–H and O–H groups in total. The summed E-state index contributed by atoms with van der Waals surface area (Å²) >= 11 is 0. The Hall–Kier alpha value is -0.303. The van der Waals surface area contributed by atoms with E-state index in [4.69, 9.17) is 0 Å². The van der Waals surface area contributed by atoms with Gasteiger partial charge in [-0.25, -0.2) is 0 Å². The Morgan fingerprint density at radius 2 is 1.33 bits per heavy atom. The van der Waals surface area contributed by atoms with Gasteiger partial charge >= 0.3 is 0 Å². The molecule has 21 heavy (non-hydrogen) atoms. The van der Waals surface area contributed by atoms with Gasteiger partial charge in [0.25, 0.3) is 0 Å². The van der Waals surface area contributed by atoms with Gasteiger partial charge in [0.1, 0.15) is 8.07 Å². The van der Waals surface area contributed by atoms with Gasteiger partial charge in [-0.2, -0.15) is 0 Å². The second kappa shape index (κ2) is 11.3. The van der Waals surface area contributed by atoms with Crippen molar-refractivity contribution < 1.29 is 0 Å². The van der Waals surface area contributed by atoms with Crippen molar-refractivity contribution in [2.45, 2.75) is 103 Å². The number of hydrogen-bond acceptors (Lipinski definition) is 0. The molecule has 1 aliphatic heterocycles. The van der Waals surface area contributed by atoms with Crippen LogP contribution in [0.4, 0.5) is 0 Å². The zero-order valence-electron chi connectivity index (χ0n) is 14.9. The predicted octanol–water partition coefficient (Wildman–Crippen LogP) is 7.36. The Labute approximate surface area is 135 Å². The van der Waals surface area contributed by atoms with E-state index in [1.165, 1.54) is 82.7 Å². The van der Waals surface area contributed by atoms with Crippen LogP contribution in [0.1, 0.15) is 91.4 Å². The van der Waals surface area contributed by atoms with Crippen LogP contribution in [0.25, 0.3) is 0 Å². The Balaban J connectivity index is 2.46. The molecule has 0 aliphatic carbocycles. The molecule has 1 heterocycles. The van der Waals surface area contributed by atoms with Crippen molar-refractivity contribution in [2.24, 2.45) is 0 Å². The van der Waals surface area contributed by atoms with E-state index in [9.17, 15) is 0 Å². The number of unbranched alkanes of at least 4 members (excludes halogenated alkanes) is 7. The quantitative estimate of drug-likeness (QED) is 0.246. The summed E-state index contributed by atoms with van der Waals surface area (Å²) in [7, 11) is -1.21. The van der Waals surface area contributed by atoms with Crippen molar-refractivity contribution in [3.05, 3.63) is 23.0 Å². The first kappa shape index (κ1) is 18.7. The van der Waals surface area contributed by atoms with Gasteiger partial charge in [0, 0.05) is 0 Å². The minimum absolute atomic E-state index is 1.21. The molecule has 0 saturated heterocycles. The topological polar surface area (TPSA) is 0 Å². The lowest BCUT2D eigenvalue weighted by Gasteiger charge is -2.29. The van der Waals surface area contributed by atoms with Gasteiger partial charge in [-0.15, -0.1) is 0 Å². The Morgan fingerprint density at radius 1 is 0.714 bits per heavy atom. The van der Waals surface area contributed by atoms with E-state index < -0.39 is 8.07 Å². The molecule has 0 radical (unpaired) electrons. The lowest BCUT2D eigenvalue weighted by molar-refractivity contribution is 0.621. The molecule has 0 saturated carbocycles. The minimum atomic E-state index is -1.21. The molecular weight excluding hydrogens is 268 g/mol. The molecule has 1 unspecified atom stereocenters. The number of hydrogen-bond donors (Lipinski definition) is 0. The first-order chi connectivity index (χ1) is 10.3. The second-order valence-corrected chi connectivity index (χ2v) is 11.2. The van der Waals surface area contributed by atoms with Crippen LogP contribution in [0.5, 0.6) is 0 Å². The summed E-state index contributed by atoms with van der Waals surface area (Å²) in [6.07, 6.45) is 20.5. The van der Waals surface area contributed by atoms with Crippen molar-refractivity contribution in [1.82, 2.24) is 0 Å². The Bertz CT molecular complexity index is 316. The summed E-state index contributed by atoms with van der Waals surface area (Å²) in [5, 5.41) is 1.88. The second-order valence-electron chi connectivity index (χ2n) is 6.93. The summed E-state index contributed by atoms with van der Waals surface area (Å²) < 4.78 is 0. The number of rotatable bonds is 13. The fraction of sp³-hybridized carbons (Fsp3) is 0.800. The SMILES string of the molecule is CCCCCCCC[Si]1(CCCC)C=CC=C1CCCC. The monoisotopic (exact) mass is 306 g/mol. The molecule has 0 aromatic heterocycles. The van der Waals surface area contributed by atoms with E-state index in [1.807, 2.05) is 5.20 Å². The molecule has 0 amide bonds. The lowest BCUT2D eigenvalue weighted by Crippen LogP contribution is -2.33. The molecule has 1 rings (SSSR count). The summed E-state index contributed by atoms with van der Waals surface area (Å²) in [5.74, 6) is 0. The summed E-state index contributed by atoms with van der Waals surface area (Å²) in [6.45, 7) is 6.98. The number of allylic oxidation sites excluding steroid dienone is 3. The van der Waals surface area contributed by atoms with Crippen LogP contribution < -0.4 is 0 Å². The zero-order valence-corrected chi connectivity index (χ0v) is 15.9. The third kappa shape index (κ3) is 6.55. The standard InChI is InChI=1S/C20H38Si/c1-4-7-10-11-12-13-18-21(17-9-6-3)19-14-16-20(21)15-8-5-2/h14,16,19H,4-13,15,17-18H2,1-3H3. The highest BCUT2D eigenvalue weighted by Gasteiger charge is 2.34. The van der Waals surface area contributed by atoms with Crippen LogP contribution in [-0.4, -0.2) is 8.07 Å². The van der Waals surface area contributed by atoms with Crippen molar-refractivity contribution in [3.8, 4) is 0 Å². The van der Waals surface area contributed by atoms with E-state index in [-0.39, 0.29) is 0 Å². The van der Waals surface area contributed by atoms with Gasteiger partial charge in [0.05, 0.1) is 0 Å². The molecule has 0 aromatic rings. The summed E-state index contributed by atoms with van der Waals surface area (Å²) in [4.78, 5) is 0. The molecule has 0 nitrogen and oxygen atoms in total. The third-order valence-corrected chi connectivity index (χ3v) is 10.1. The normalized spacial score (nSPS) is 21.0. The largest absolute Gasteiger partial charge is 0.105 e. The van der Waals surface area contributed by atoms with Crippen LogP contribution in [0.2, 0.25) is 12.1 Å². The third-order valence-electron chi connectivity index (χ3n) is 5.10. The lowest BCUT2D eigenvalue weighted by atomic mass is 10.1. The van der Waals surface area contributed by atoms with E-state index in [1.54, 1.807) is 0 Å². The van der Waals surface area contributed by atoms with Crippen LogP contribution in [-0.2, 0) is 0 Å². The first-order valence-corrected chi connectivity index (χ1v) is 12.2. The molecule has 0 spiro atoms. The first-order valence-electron chi connectivity index (χ1n) is 9.68. The molecule has 1 atom stereocenters. The van der Waals surface area contributed by atoms with Gasteiger partial charge in [0.15, 0.2) is 0 Å². The van der Waals surface area contributed by atoms with Crippen molar-refractivity contribution >= 4 is 8.07 Å². The van der Waals surface area contributed by atoms with Gasteiger partial charge in [-0.05, 0) is 6.42 Å². The smallest absolute Gasteiger partial charge is 0.0901 e. The van der Waals surface area contributed by atoms with Crippen molar-refractivity contribution in [2.75, 3.05) is 0 Å². The van der Waals surface area contributed by atoms with Crippen molar-refractivity contribution in [3.63, 3.8) is 0 Å². The molecule has 0 aromatic carbocycles. The highest BCUT2D eigenvalue weighted by molar-refractivity contribution is 6.91. The van der Waals surface area contributed by atoms with Gasteiger partial charge in [-0.1, -0.05) is 120 Å². The fourth-order valence-corrected chi connectivity index (χ4v) is 8.52. The highest BCUT2D eigenvalue weighted by atomic mass is 28.3. The predicted molar refractivity (Wildman–Crippen MR) is 100 cm³/mol. The zero-order chi connectivity index (χ0) is 15.4. The van der Waals surface area contributed by atoms with Crippen molar-refractivity contribution in [1.29, 1.82) is 0 Å². The van der Waals surface area contributed by atoms with E-state index in [2.05, 4.69) is 38.6 Å². The molecule has 0 fully saturated rings. The maximum Gasteiger partial charge on any atom is 0.105 e. The van der Waals surface area contributed by atoms with Crippen LogP contribution in [0.3, 0.4) is 0 Å². The highest BCUT2D eigenvalue weighted by Crippen LogP contribution is 2.36. The fourth-order valence-electron chi connectivity index (χ4n) is 3.65. The van der Waals surface area contributed by atoms with E-state index in [0.717, 1.165) is 0 Å². The summed E-state index contributed by atoms with van der Waals surface area (Å²) in [5.41, 5.74) is 2.68. The maximum atomic E-state index is 2.68.